The first-order valence-electron chi connectivity index (χ1n) is 13.4. The monoisotopic (exact) mass is 574 g/mol. The molecular weight excluding hydrogens is 544 g/mol. The molecule has 4 atom stereocenters. The van der Waals surface area contributed by atoms with E-state index in [1.165, 1.54) is 17.2 Å². The molecule has 2 aromatic carbocycles. The number of imidazole rings is 1. The molecule has 3 N–H and O–H groups in total. The molecule has 13 heteroatoms. The molecule has 1 saturated heterocycles. The number of benzene rings is 2. The molecule has 3 heterocycles. The number of aliphatic imine (C=N–C) groups is 1. The second kappa shape index (κ2) is 11.4. The standard InChI is InChI=1S/C29H30N6O7/c1-34(2)14-31-28-32-26-23(27(38)33-28)30-15-35(26)21-13-40-22(11-36)24(37)25(21)42-29(39)41-12-20-18-9-5-3-7-16(18)17-8-4-6-10-19(17)20/h3-10,14-15,20-22,24-25,36-37H,11-13H2,1-2H3,(H,32,33,38)/b31-14+/t21-,22-,24-,25+/m1/s1. The van der Waals surface area contributed by atoms with E-state index in [1.807, 2.05) is 48.5 Å². The van der Waals surface area contributed by atoms with Gasteiger partial charge in [0.15, 0.2) is 17.3 Å². The summed E-state index contributed by atoms with van der Waals surface area (Å²) in [6, 6.07) is 15.1. The summed E-state index contributed by atoms with van der Waals surface area (Å²) in [5, 5.41) is 20.8. The highest BCUT2D eigenvalue weighted by atomic mass is 16.7. The van der Waals surface area contributed by atoms with Gasteiger partial charge in [0.25, 0.3) is 5.56 Å². The second-order valence-electron chi connectivity index (χ2n) is 10.4. The van der Waals surface area contributed by atoms with Crippen molar-refractivity contribution in [3.8, 4) is 11.1 Å². The quantitative estimate of drug-likeness (QED) is 0.169. The SMILES string of the molecule is CN(C)/C=N/c1nc2c(ncn2[C@@H]2CO[C@H](CO)[C@@H](O)[C@H]2OC(=O)OCC2c3ccccc3-c3ccccc32)c(=O)[nH]1. The van der Waals surface area contributed by atoms with E-state index in [0.29, 0.717) is 0 Å². The van der Waals surface area contributed by atoms with Crippen molar-refractivity contribution in [3.05, 3.63) is 76.3 Å². The van der Waals surface area contributed by atoms with Gasteiger partial charge in [-0.3, -0.25) is 9.78 Å². The van der Waals surface area contributed by atoms with Gasteiger partial charge in [-0.25, -0.2) is 14.8 Å². The molecular formula is C29H30N6O7. The van der Waals surface area contributed by atoms with E-state index in [-0.39, 0.29) is 36.2 Å². The second-order valence-corrected chi connectivity index (χ2v) is 10.4. The van der Waals surface area contributed by atoms with Crippen molar-refractivity contribution in [3.63, 3.8) is 0 Å². The maximum Gasteiger partial charge on any atom is 0.508 e. The van der Waals surface area contributed by atoms with Crippen LogP contribution in [-0.4, -0.2) is 99.4 Å². The number of nitrogens with one attached hydrogen (secondary N) is 1. The fourth-order valence-electron chi connectivity index (χ4n) is 5.53. The number of hydrogen-bond acceptors (Lipinski definition) is 10. The molecule has 0 bridgehead atoms. The summed E-state index contributed by atoms with van der Waals surface area (Å²) >= 11 is 0. The van der Waals surface area contributed by atoms with Crippen LogP contribution >= 0.6 is 0 Å². The molecule has 4 aromatic rings. The lowest BCUT2D eigenvalue weighted by Crippen LogP contribution is -2.53. The zero-order chi connectivity index (χ0) is 29.4. The minimum Gasteiger partial charge on any atom is -0.433 e. The topological polar surface area (TPSA) is 164 Å². The molecule has 2 aliphatic rings. The average molecular weight is 575 g/mol. The van der Waals surface area contributed by atoms with Crippen LogP contribution in [0, 0.1) is 0 Å². The fourth-order valence-corrected chi connectivity index (χ4v) is 5.53. The van der Waals surface area contributed by atoms with Gasteiger partial charge in [0.2, 0.25) is 5.95 Å². The van der Waals surface area contributed by atoms with Gasteiger partial charge in [0.1, 0.15) is 18.8 Å². The third-order valence-corrected chi connectivity index (χ3v) is 7.51. The van der Waals surface area contributed by atoms with E-state index < -0.39 is 42.7 Å². The highest BCUT2D eigenvalue weighted by molar-refractivity contribution is 5.79. The molecule has 1 fully saturated rings. The van der Waals surface area contributed by atoms with E-state index in [0.717, 1.165) is 22.3 Å². The average Bonchev–Trinajstić information content (AvgIpc) is 3.56. The summed E-state index contributed by atoms with van der Waals surface area (Å²) in [5.74, 6) is -0.136. The van der Waals surface area contributed by atoms with Crippen molar-refractivity contribution in [2.45, 2.75) is 30.3 Å². The normalized spacial score (nSPS) is 21.8. The fraction of sp³-hybridized carbons (Fsp3) is 0.345. The van der Waals surface area contributed by atoms with Gasteiger partial charge < -0.3 is 33.9 Å². The lowest BCUT2D eigenvalue weighted by atomic mass is 9.98. The number of H-pyrrole nitrogens is 1. The molecule has 0 saturated carbocycles. The van der Waals surface area contributed by atoms with Gasteiger partial charge in [0.05, 0.1) is 31.9 Å². The van der Waals surface area contributed by atoms with E-state index >= 15 is 0 Å². The lowest BCUT2D eigenvalue weighted by molar-refractivity contribution is -0.175. The van der Waals surface area contributed by atoms with Crippen LogP contribution in [0.5, 0.6) is 0 Å². The minimum absolute atomic E-state index is 0.0262. The molecule has 1 aliphatic carbocycles. The molecule has 0 radical (unpaired) electrons. The highest BCUT2D eigenvalue weighted by Crippen LogP contribution is 2.44. The summed E-state index contributed by atoms with van der Waals surface area (Å²) in [4.78, 5) is 42.8. The molecule has 6 rings (SSSR count). The van der Waals surface area contributed by atoms with Gasteiger partial charge in [0, 0.05) is 20.0 Å². The molecule has 13 nitrogen and oxygen atoms in total. The molecule has 0 spiro atoms. The summed E-state index contributed by atoms with van der Waals surface area (Å²) in [6.07, 6.45) is -1.76. The Bertz CT molecular complexity index is 1650. The Kier molecular flexibility index (Phi) is 7.45. The number of aliphatic hydroxyl groups excluding tert-OH is 2. The number of aromatic amines is 1. The highest BCUT2D eigenvalue weighted by Gasteiger charge is 2.44. The number of nitrogens with zero attached hydrogens (tertiary/aromatic N) is 5. The maximum absolute atomic E-state index is 13.1. The molecule has 0 unspecified atom stereocenters. The van der Waals surface area contributed by atoms with E-state index in [4.69, 9.17) is 14.2 Å². The first-order valence-corrected chi connectivity index (χ1v) is 13.4. The molecule has 218 valence electrons. The van der Waals surface area contributed by atoms with Crippen molar-refractivity contribution in [1.82, 2.24) is 24.4 Å². The number of aromatic nitrogens is 4. The van der Waals surface area contributed by atoms with Crippen LogP contribution in [0.15, 0.2) is 64.6 Å². The first-order chi connectivity index (χ1) is 20.4. The van der Waals surface area contributed by atoms with Gasteiger partial charge in [-0.2, -0.15) is 4.98 Å². The van der Waals surface area contributed by atoms with E-state index in [1.54, 1.807) is 19.0 Å². The predicted octanol–water partition coefficient (Wildman–Crippen LogP) is 1.97. The zero-order valence-electron chi connectivity index (χ0n) is 23.0. The Morgan fingerprint density at radius 3 is 2.55 bits per heavy atom. The predicted molar refractivity (Wildman–Crippen MR) is 152 cm³/mol. The van der Waals surface area contributed by atoms with Crippen molar-refractivity contribution >= 4 is 29.6 Å². The number of carbonyl (C=O) groups is 1. The lowest BCUT2D eigenvalue weighted by Gasteiger charge is -2.39. The van der Waals surface area contributed by atoms with Crippen LogP contribution in [-0.2, 0) is 14.2 Å². The summed E-state index contributed by atoms with van der Waals surface area (Å²) in [7, 11) is 3.54. The van der Waals surface area contributed by atoms with Crippen LogP contribution in [0.4, 0.5) is 10.7 Å². The maximum atomic E-state index is 13.1. The minimum atomic E-state index is -1.40. The Hall–Kier alpha value is -4.59. The van der Waals surface area contributed by atoms with E-state index in [2.05, 4.69) is 19.9 Å². The van der Waals surface area contributed by atoms with Crippen molar-refractivity contribution in [1.29, 1.82) is 0 Å². The van der Waals surface area contributed by atoms with Crippen LogP contribution in [0.25, 0.3) is 22.3 Å². The number of carbonyl (C=O) groups excluding carboxylic acids is 1. The molecule has 42 heavy (non-hydrogen) atoms. The van der Waals surface area contributed by atoms with Gasteiger partial charge >= 0.3 is 6.16 Å². The van der Waals surface area contributed by atoms with Crippen molar-refractivity contribution in [2.24, 2.45) is 4.99 Å². The van der Waals surface area contributed by atoms with Crippen molar-refractivity contribution < 1.29 is 29.2 Å². The van der Waals surface area contributed by atoms with Gasteiger partial charge in [-0.1, -0.05) is 48.5 Å². The summed E-state index contributed by atoms with van der Waals surface area (Å²) in [6.45, 7) is -0.539. The number of rotatable bonds is 7. The third kappa shape index (κ3) is 5.02. The van der Waals surface area contributed by atoms with Crippen LogP contribution in [0.2, 0.25) is 0 Å². The Labute approximate surface area is 240 Å². The van der Waals surface area contributed by atoms with Crippen LogP contribution in [0.1, 0.15) is 23.1 Å². The summed E-state index contributed by atoms with van der Waals surface area (Å²) in [5.41, 5.74) is 3.96. The number of fused-ring (bicyclic) bond motifs is 4. The number of aliphatic hydroxyl groups is 2. The summed E-state index contributed by atoms with van der Waals surface area (Å²) < 4.78 is 18.5. The molecule has 0 amide bonds. The number of hydrogen-bond donors (Lipinski definition) is 3. The van der Waals surface area contributed by atoms with E-state index in [9.17, 15) is 19.8 Å². The first kappa shape index (κ1) is 27.6. The Morgan fingerprint density at radius 1 is 1.19 bits per heavy atom. The van der Waals surface area contributed by atoms with Crippen LogP contribution < -0.4 is 5.56 Å². The molecule has 1 aliphatic heterocycles. The molecule has 2 aromatic heterocycles. The Morgan fingerprint density at radius 2 is 1.88 bits per heavy atom. The van der Waals surface area contributed by atoms with Crippen molar-refractivity contribution in [2.75, 3.05) is 33.9 Å². The van der Waals surface area contributed by atoms with Crippen LogP contribution in [0.3, 0.4) is 0 Å². The number of ether oxygens (including phenoxy) is 3. The van der Waals surface area contributed by atoms with Gasteiger partial charge in [-0.15, -0.1) is 0 Å². The Balaban J connectivity index is 1.25. The smallest absolute Gasteiger partial charge is 0.433 e. The van der Waals surface area contributed by atoms with Gasteiger partial charge in [-0.05, 0) is 22.3 Å². The zero-order valence-corrected chi connectivity index (χ0v) is 23.0. The third-order valence-electron chi connectivity index (χ3n) is 7.51. The largest absolute Gasteiger partial charge is 0.508 e.